The van der Waals surface area contributed by atoms with Gasteiger partial charge in [0.25, 0.3) is 5.91 Å². The Labute approximate surface area is 396 Å². The molecule has 370 valence electrons. The maximum Gasteiger partial charge on any atom is 0.324 e. The van der Waals surface area contributed by atoms with Gasteiger partial charge in [0, 0.05) is 49.5 Å². The number of ketones is 1. The number of aromatic amines is 1. The average molecular weight is 944 g/mol. The lowest BCUT2D eigenvalue weighted by Crippen LogP contribution is -2.56. The molecule has 2 heterocycles. The van der Waals surface area contributed by atoms with Crippen LogP contribution in [0, 0.1) is 0 Å². The summed E-state index contributed by atoms with van der Waals surface area (Å²) >= 11 is 0. The Kier molecular flexibility index (Phi) is 23.1. The van der Waals surface area contributed by atoms with E-state index in [4.69, 9.17) is 17.2 Å². The highest BCUT2D eigenvalue weighted by molar-refractivity contribution is 6.04. The van der Waals surface area contributed by atoms with E-state index in [1.165, 1.54) is 0 Å². The van der Waals surface area contributed by atoms with Crippen molar-refractivity contribution in [2.24, 2.45) is 22.2 Å². The largest absolute Gasteiger partial charge is 0.370 e. The summed E-state index contributed by atoms with van der Waals surface area (Å²) in [6.07, 6.45) is 6.54. The lowest BCUT2D eigenvalue weighted by atomic mass is 9.97. The molecule has 2 aromatic carbocycles. The topological polar surface area (TPSA) is 330 Å². The number of H-pyrrole nitrogens is 1. The van der Waals surface area contributed by atoms with Gasteiger partial charge < -0.3 is 64.2 Å². The van der Waals surface area contributed by atoms with E-state index in [9.17, 15) is 38.4 Å². The van der Waals surface area contributed by atoms with E-state index in [1.54, 1.807) is 13.2 Å². The van der Waals surface area contributed by atoms with Gasteiger partial charge in [-0.05, 0) is 102 Å². The summed E-state index contributed by atoms with van der Waals surface area (Å²) in [4.78, 5) is 110. The van der Waals surface area contributed by atoms with Gasteiger partial charge in [0.15, 0.2) is 5.96 Å². The standard InChI is InChI=1S/C47H69N13O8/c1-51-36(17-9-24-55-46(49)50)43(65)58-39(29-32-30-56-34-15-6-5-14-33(32)34)44(66)57-35(42(48)64)16-7-8-23-53-38(28-31-12-3-2-4-13-31)40(62)20-19-37-45(67)60(47(68)59-37)26-11-22-52-21-10-18-41(63)54-25-27-61/h2-6,12-15,27,30,35-39,51-53,56H,7-11,16-26,28-29H2,1H3,(H2,48,64)(H,54,63)(H,57,66)(H,58,65)(H,59,68)(H4,49,50,55)/t35-,36-,37-,38-,39-/m0/s1. The summed E-state index contributed by atoms with van der Waals surface area (Å²) in [7, 11) is 1.64. The number of urea groups is 1. The first-order valence-corrected chi connectivity index (χ1v) is 23.3. The Morgan fingerprint density at radius 2 is 1.50 bits per heavy atom. The molecule has 3 aromatic rings. The molecule has 0 saturated carbocycles. The Morgan fingerprint density at radius 3 is 2.24 bits per heavy atom. The van der Waals surface area contributed by atoms with Crippen molar-refractivity contribution in [3.8, 4) is 0 Å². The number of aldehydes is 1. The highest BCUT2D eigenvalue weighted by Crippen LogP contribution is 2.20. The van der Waals surface area contributed by atoms with E-state index in [2.05, 4.69) is 47.2 Å². The molecule has 0 aliphatic carbocycles. The third-order valence-corrected chi connectivity index (χ3v) is 11.6. The number of imide groups is 1. The number of nitrogens with two attached hydrogens (primary N) is 3. The van der Waals surface area contributed by atoms with E-state index in [0.717, 1.165) is 26.9 Å². The van der Waals surface area contributed by atoms with Gasteiger partial charge in [0.05, 0.1) is 18.6 Å². The Balaban J connectivity index is 1.29. The number of amides is 7. The molecular formula is C47H69N13O8. The number of carbonyl (C=O) groups excluding carboxylic acids is 8. The molecule has 1 fully saturated rings. The minimum atomic E-state index is -1.05. The summed E-state index contributed by atoms with van der Waals surface area (Å²) in [5.74, 6) is -2.48. The number of primary amides is 1. The fraction of sp³-hybridized carbons (Fsp3) is 0.511. The zero-order chi connectivity index (χ0) is 49.3. The van der Waals surface area contributed by atoms with Crippen LogP contribution in [0.2, 0.25) is 0 Å². The van der Waals surface area contributed by atoms with E-state index < -0.39 is 54.0 Å². The fourth-order valence-corrected chi connectivity index (χ4v) is 7.92. The lowest BCUT2D eigenvalue weighted by Gasteiger charge is -2.24. The van der Waals surface area contributed by atoms with Crippen LogP contribution in [0.1, 0.15) is 75.3 Å². The van der Waals surface area contributed by atoms with E-state index in [1.807, 2.05) is 54.6 Å². The second kappa shape index (κ2) is 29.1. The molecule has 68 heavy (non-hydrogen) atoms. The van der Waals surface area contributed by atoms with Crippen LogP contribution in [0.5, 0.6) is 0 Å². The smallest absolute Gasteiger partial charge is 0.324 e. The number of likely N-dealkylation sites (N-methyl/N-ethyl adjacent to an activating group) is 1. The van der Waals surface area contributed by atoms with Crippen LogP contribution < -0.4 is 54.4 Å². The zero-order valence-electron chi connectivity index (χ0n) is 38.9. The van der Waals surface area contributed by atoms with Crippen LogP contribution in [-0.4, -0.2) is 140 Å². The number of hydrogen-bond donors (Lipinski definition) is 11. The highest BCUT2D eigenvalue weighted by atomic mass is 16.2. The molecule has 21 nitrogen and oxygen atoms in total. The summed E-state index contributed by atoms with van der Waals surface area (Å²) in [5.41, 5.74) is 19.3. The summed E-state index contributed by atoms with van der Waals surface area (Å²) in [6.45, 7) is 1.99. The van der Waals surface area contributed by atoms with Crippen molar-refractivity contribution < 1.29 is 38.4 Å². The van der Waals surface area contributed by atoms with Crippen molar-refractivity contribution in [1.29, 1.82) is 0 Å². The van der Waals surface area contributed by atoms with Crippen molar-refractivity contribution in [3.63, 3.8) is 0 Å². The minimum Gasteiger partial charge on any atom is -0.370 e. The van der Waals surface area contributed by atoms with Gasteiger partial charge in [-0.1, -0.05) is 48.5 Å². The Hall–Kier alpha value is -6.71. The van der Waals surface area contributed by atoms with Gasteiger partial charge in [0.1, 0.15) is 30.2 Å². The maximum atomic E-state index is 13.9. The van der Waals surface area contributed by atoms with Crippen LogP contribution in [0.15, 0.2) is 65.8 Å². The monoisotopic (exact) mass is 944 g/mol. The first kappa shape index (κ1) is 53.9. The number of Topliss-reactive ketones (excluding diaryl/α,β-unsaturated/α-hetero) is 1. The molecule has 14 N–H and O–H groups in total. The molecule has 7 amide bonds. The molecule has 0 unspecified atom stereocenters. The highest BCUT2D eigenvalue weighted by Gasteiger charge is 2.38. The van der Waals surface area contributed by atoms with Crippen LogP contribution in [0.25, 0.3) is 10.9 Å². The SMILES string of the molecule is CN[C@@H](CCCN=C(N)N)C(=O)N[C@@H](Cc1c[nH]c2ccccc12)C(=O)N[C@@H](CCCCN[C@@H](Cc1ccccc1)C(=O)CC[C@@H]1NC(=O)N(CCCNCCCC(=O)NCC=O)C1=O)C(N)=O. The molecule has 0 spiro atoms. The first-order valence-electron chi connectivity index (χ1n) is 23.3. The number of guanidine groups is 1. The molecule has 1 aliphatic rings. The Morgan fingerprint density at radius 1 is 0.794 bits per heavy atom. The first-order chi connectivity index (χ1) is 32.8. The number of unbranched alkanes of at least 4 members (excludes halogenated alkanes) is 1. The Bertz CT molecular complexity index is 2160. The number of nitrogens with one attached hydrogen (secondary N) is 8. The van der Waals surface area contributed by atoms with Crippen molar-refractivity contribution in [1.82, 2.24) is 47.1 Å². The van der Waals surface area contributed by atoms with Gasteiger partial charge in [0.2, 0.25) is 23.6 Å². The van der Waals surface area contributed by atoms with E-state index >= 15 is 0 Å². The summed E-state index contributed by atoms with van der Waals surface area (Å²) < 4.78 is 0. The number of para-hydroxylation sites is 1. The molecule has 0 bridgehead atoms. The minimum absolute atomic E-state index is 0.0159. The summed E-state index contributed by atoms with van der Waals surface area (Å²) in [6, 6.07) is 12.4. The van der Waals surface area contributed by atoms with Gasteiger partial charge in [-0.3, -0.25) is 38.7 Å². The number of benzene rings is 2. The number of hydrogen-bond acceptors (Lipinski definition) is 12. The number of carbonyl (C=O) groups is 8. The van der Waals surface area contributed by atoms with Gasteiger partial charge in [-0.2, -0.15) is 0 Å². The average Bonchev–Trinajstić information content (AvgIpc) is 3.86. The molecule has 1 saturated heterocycles. The third-order valence-electron chi connectivity index (χ3n) is 11.6. The number of rotatable bonds is 34. The summed E-state index contributed by atoms with van der Waals surface area (Å²) in [5, 5.41) is 21.2. The fourth-order valence-electron chi connectivity index (χ4n) is 7.92. The molecule has 4 rings (SSSR count). The van der Waals surface area contributed by atoms with Crippen LogP contribution in [0.4, 0.5) is 4.79 Å². The number of aliphatic imine (C=N–C) groups is 1. The van der Waals surface area contributed by atoms with Gasteiger partial charge >= 0.3 is 6.03 Å². The van der Waals surface area contributed by atoms with E-state index in [-0.39, 0.29) is 68.8 Å². The molecular weight excluding hydrogens is 875 g/mol. The number of nitrogens with zero attached hydrogens (tertiary/aromatic N) is 2. The maximum absolute atomic E-state index is 13.9. The van der Waals surface area contributed by atoms with Crippen LogP contribution in [0.3, 0.4) is 0 Å². The predicted octanol–water partition coefficient (Wildman–Crippen LogP) is -0.477. The quantitative estimate of drug-likeness (QED) is 0.0119. The van der Waals surface area contributed by atoms with Crippen LogP contribution >= 0.6 is 0 Å². The number of fused-ring (bicyclic) bond motifs is 1. The lowest BCUT2D eigenvalue weighted by molar-refractivity contribution is -0.132. The second-order valence-electron chi connectivity index (χ2n) is 16.7. The van der Waals surface area contributed by atoms with Crippen molar-refractivity contribution in [3.05, 3.63) is 71.9 Å². The number of aromatic nitrogens is 1. The predicted molar refractivity (Wildman–Crippen MR) is 258 cm³/mol. The zero-order valence-corrected chi connectivity index (χ0v) is 38.9. The normalized spacial score (nSPS) is 15.2. The third kappa shape index (κ3) is 18.2. The van der Waals surface area contributed by atoms with Crippen molar-refractivity contribution >= 4 is 64.5 Å². The molecule has 21 heteroatoms. The van der Waals surface area contributed by atoms with Crippen LogP contribution in [-0.2, 0) is 46.4 Å². The molecule has 5 atom stereocenters. The van der Waals surface area contributed by atoms with E-state index in [0.29, 0.717) is 77.4 Å². The molecule has 1 aliphatic heterocycles. The molecule has 0 radical (unpaired) electrons. The van der Waals surface area contributed by atoms with Crippen molar-refractivity contribution in [2.75, 3.05) is 46.3 Å². The van der Waals surface area contributed by atoms with Gasteiger partial charge in [-0.25, -0.2) is 4.79 Å². The van der Waals surface area contributed by atoms with Gasteiger partial charge in [-0.15, -0.1) is 0 Å². The molecule has 1 aromatic heterocycles. The van der Waals surface area contributed by atoms with Crippen molar-refractivity contribution in [2.45, 2.75) is 107 Å². The second-order valence-corrected chi connectivity index (χ2v) is 16.7.